The highest BCUT2D eigenvalue weighted by atomic mass is 16.6. The second-order valence-electron chi connectivity index (χ2n) is 7.27. The van der Waals surface area contributed by atoms with Gasteiger partial charge in [-0.3, -0.25) is 4.57 Å². The van der Waals surface area contributed by atoms with Gasteiger partial charge in [-0.1, -0.05) is 0 Å². The number of nitrogen functional groups attached to an aromatic ring is 2. The summed E-state index contributed by atoms with van der Waals surface area (Å²) >= 11 is 0. The first-order chi connectivity index (χ1) is 13.9. The van der Waals surface area contributed by atoms with E-state index < -0.39 is 30.6 Å². The van der Waals surface area contributed by atoms with Gasteiger partial charge in [0.1, 0.15) is 23.8 Å². The summed E-state index contributed by atoms with van der Waals surface area (Å²) in [6, 6.07) is 0.0371. The molecule has 1 fully saturated rings. The smallest absolute Gasteiger partial charge is 0.224 e. The number of aliphatic hydroxyl groups excluding tert-OH is 3. The first-order valence-corrected chi connectivity index (χ1v) is 9.26. The SMILES string of the molecule is CC(CC[C@@]1(n2cnc3c(N)nc(N)nc32)O[C@H](CO)[C@@H](O)[C@H]1O)n1ccnc1. The molecule has 0 aliphatic carbocycles. The van der Waals surface area contributed by atoms with Gasteiger partial charge < -0.3 is 36.1 Å². The van der Waals surface area contributed by atoms with Crippen molar-refractivity contribution >= 4 is 22.9 Å². The molecule has 0 bridgehead atoms. The third-order valence-corrected chi connectivity index (χ3v) is 5.50. The third kappa shape index (κ3) is 3.09. The molecule has 4 rings (SSSR count). The summed E-state index contributed by atoms with van der Waals surface area (Å²) in [6.07, 6.45) is 3.90. The standard InChI is InChI=1S/C17H24N8O4/c1-9(24-5-4-20-7-24)2-3-17(13(28)12(27)10(6-26)29-17)25-8-21-11-14(18)22-16(19)23-15(11)25/h4-5,7-10,12-13,26-28H,2-3,6H2,1H3,(H4,18,19,22,23)/t9?,10-,12-,13-,17-/m1/s1. The van der Waals surface area contributed by atoms with Crippen LogP contribution < -0.4 is 11.5 Å². The minimum absolute atomic E-state index is 0.0371. The van der Waals surface area contributed by atoms with Crippen LogP contribution in [0.15, 0.2) is 25.0 Å². The van der Waals surface area contributed by atoms with Gasteiger partial charge >= 0.3 is 0 Å². The van der Waals surface area contributed by atoms with E-state index in [1.807, 2.05) is 17.7 Å². The lowest BCUT2D eigenvalue weighted by Crippen LogP contribution is -2.46. The largest absolute Gasteiger partial charge is 0.394 e. The van der Waals surface area contributed by atoms with Gasteiger partial charge in [0.15, 0.2) is 17.2 Å². The zero-order chi connectivity index (χ0) is 20.8. The Kier molecular flexibility index (Phi) is 4.86. The van der Waals surface area contributed by atoms with Crippen molar-refractivity contribution < 1.29 is 20.1 Å². The van der Waals surface area contributed by atoms with E-state index in [0.29, 0.717) is 11.9 Å². The van der Waals surface area contributed by atoms with Crippen molar-refractivity contribution in [3.05, 3.63) is 25.0 Å². The van der Waals surface area contributed by atoms with Gasteiger partial charge in [-0.25, -0.2) is 9.97 Å². The molecule has 12 nitrogen and oxygen atoms in total. The minimum atomic E-state index is -1.43. The fourth-order valence-corrected chi connectivity index (χ4v) is 3.85. The van der Waals surface area contributed by atoms with E-state index in [9.17, 15) is 15.3 Å². The van der Waals surface area contributed by atoms with E-state index >= 15 is 0 Å². The van der Waals surface area contributed by atoms with Crippen molar-refractivity contribution in [1.29, 1.82) is 0 Å². The van der Waals surface area contributed by atoms with Crippen LogP contribution in [0.2, 0.25) is 0 Å². The van der Waals surface area contributed by atoms with Crippen LogP contribution in [0.25, 0.3) is 11.2 Å². The fraction of sp³-hybridized carbons (Fsp3) is 0.529. The van der Waals surface area contributed by atoms with Crippen LogP contribution >= 0.6 is 0 Å². The number of aliphatic hydroxyl groups is 3. The molecule has 1 aliphatic rings. The molecule has 0 aromatic carbocycles. The Labute approximate surface area is 165 Å². The molecule has 1 unspecified atom stereocenters. The second kappa shape index (κ2) is 7.22. The summed E-state index contributed by atoms with van der Waals surface area (Å²) in [5, 5.41) is 31.0. The van der Waals surface area contributed by atoms with Crippen LogP contribution in [0, 0.1) is 0 Å². The Morgan fingerprint density at radius 1 is 1.28 bits per heavy atom. The lowest BCUT2D eigenvalue weighted by molar-refractivity contribution is -0.152. The predicted octanol–water partition coefficient (Wildman–Crippen LogP) is -1.01. The summed E-state index contributed by atoms with van der Waals surface area (Å²) < 4.78 is 9.47. The molecule has 1 aliphatic heterocycles. The van der Waals surface area contributed by atoms with E-state index in [1.165, 1.54) is 10.9 Å². The van der Waals surface area contributed by atoms with Crippen LogP contribution in [0.1, 0.15) is 25.8 Å². The molecule has 29 heavy (non-hydrogen) atoms. The normalized spacial score (nSPS) is 28.2. The Bertz CT molecular complexity index is 993. The second-order valence-corrected chi connectivity index (χ2v) is 7.27. The molecule has 0 amide bonds. The third-order valence-electron chi connectivity index (χ3n) is 5.50. The number of ether oxygens (including phenoxy) is 1. The van der Waals surface area contributed by atoms with Gasteiger partial charge in [0, 0.05) is 24.9 Å². The Morgan fingerprint density at radius 3 is 2.72 bits per heavy atom. The number of hydrogen-bond donors (Lipinski definition) is 5. The van der Waals surface area contributed by atoms with Gasteiger partial charge in [-0.05, 0) is 13.3 Å². The maximum absolute atomic E-state index is 11.0. The molecule has 3 aromatic heterocycles. The van der Waals surface area contributed by atoms with Gasteiger partial charge in [-0.15, -0.1) is 0 Å². The molecule has 0 radical (unpaired) electrons. The number of hydrogen-bond acceptors (Lipinski definition) is 10. The van der Waals surface area contributed by atoms with Crippen molar-refractivity contribution in [2.24, 2.45) is 0 Å². The van der Waals surface area contributed by atoms with E-state index in [4.69, 9.17) is 16.2 Å². The maximum Gasteiger partial charge on any atom is 0.224 e. The quantitative estimate of drug-likeness (QED) is 0.341. The summed E-state index contributed by atoms with van der Waals surface area (Å²) in [7, 11) is 0. The summed E-state index contributed by atoms with van der Waals surface area (Å²) in [5.41, 5.74) is 10.8. The Morgan fingerprint density at radius 2 is 2.07 bits per heavy atom. The molecule has 12 heteroatoms. The first kappa shape index (κ1) is 19.5. The molecule has 5 atom stereocenters. The topological polar surface area (TPSA) is 183 Å². The highest BCUT2D eigenvalue weighted by Gasteiger charge is 2.55. The van der Waals surface area contributed by atoms with Gasteiger partial charge in [0.25, 0.3) is 0 Å². The van der Waals surface area contributed by atoms with Crippen LogP contribution in [0.3, 0.4) is 0 Å². The molecular weight excluding hydrogens is 380 g/mol. The molecule has 4 heterocycles. The van der Waals surface area contributed by atoms with Crippen LogP contribution in [0.4, 0.5) is 11.8 Å². The monoisotopic (exact) mass is 404 g/mol. The Balaban J connectivity index is 1.77. The number of nitrogens with zero attached hydrogens (tertiary/aromatic N) is 6. The van der Waals surface area contributed by atoms with E-state index in [-0.39, 0.29) is 29.9 Å². The number of anilines is 2. The predicted molar refractivity (Wildman–Crippen MR) is 102 cm³/mol. The van der Waals surface area contributed by atoms with Crippen molar-refractivity contribution in [3.8, 4) is 0 Å². The number of nitrogens with two attached hydrogens (primary N) is 2. The van der Waals surface area contributed by atoms with Crippen molar-refractivity contribution in [3.63, 3.8) is 0 Å². The molecule has 3 aromatic rings. The van der Waals surface area contributed by atoms with Crippen molar-refractivity contribution in [2.75, 3.05) is 18.1 Å². The van der Waals surface area contributed by atoms with E-state index in [2.05, 4.69) is 19.9 Å². The average Bonchev–Trinajstić information content (AvgIpc) is 3.41. The molecule has 7 N–H and O–H groups in total. The van der Waals surface area contributed by atoms with Crippen LogP contribution in [0.5, 0.6) is 0 Å². The lowest BCUT2D eigenvalue weighted by atomic mass is 9.95. The molecule has 1 saturated heterocycles. The Hall–Kier alpha value is -2.80. The zero-order valence-electron chi connectivity index (χ0n) is 15.8. The molecule has 0 spiro atoms. The number of fused-ring (bicyclic) bond motifs is 1. The highest BCUT2D eigenvalue weighted by molar-refractivity contribution is 5.82. The molecular formula is C17H24N8O4. The average molecular weight is 404 g/mol. The van der Waals surface area contributed by atoms with Gasteiger partial charge in [0.2, 0.25) is 5.95 Å². The number of aromatic nitrogens is 6. The van der Waals surface area contributed by atoms with E-state index in [0.717, 1.165) is 0 Å². The summed E-state index contributed by atoms with van der Waals surface area (Å²) in [6.45, 7) is 1.55. The summed E-state index contributed by atoms with van der Waals surface area (Å²) in [5.74, 6) is 0.0466. The molecule has 156 valence electrons. The van der Waals surface area contributed by atoms with Crippen molar-refractivity contribution in [2.45, 2.75) is 49.8 Å². The fourth-order valence-electron chi connectivity index (χ4n) is 3.85. The molecule has 0 saturated carbocycles. The highest BCUT2D eigenvalue weighted by Crippen LogP contribution is 2.42. The van der Waals surface area contributed by atoms with Crippen molar-refractivity contribution in [1.82, 2.24) is 29.1 Å². The van der Waals surface area contributed by atoms with Gasteiger partial charge in [0.05, 0.1) is 19.3 Å². The van der Waals surface area contributed by atoms with E-state index in [1.54, 1.807) is 12.5 Å². The zero-order valence-corrected chi connectivity index (χ0v) is 15.8. The lowest BCUT2D eigenvalue weighted by Gasteiger charge is -2.34. The number of rotatable bonds is 6. The van der Waals surface area contributed by atoms with Crippen LogP contribution in [-0.2, 0) is 10.5 Å². The maximum atomic E-state index is 11.0. The number of imidazole rings is 2. The van der Waals surface area contributed by atoms with Crippen LogP contribution in [-0.4, -0.2) is 69.3 Å². The first-order valence-electron chi connectivity index (χ1n) is 9.26. The summed E-state index contributed by atoms with van der Waals surface area (Å²) in [4.78, 5) is 16.4. The van der Waals surface area contributed by atoms with Gasteiger partial charge in [-0.2, -0.15) is 9.97 Å². The minimum Gasteiger partial charge on any atom is -0.394 e.